The summed E-state index contributed by atoms with van der Waals surface area (Å²) in [4.78, 5) is 22.1. The summed E-state index contributed by atoms with van der Waals surface area (Å²) in [5.41, 5.74) is 0.181. The van der Waals surface area contributed by atoms with Crippen LogP contribution < -0.4 is 10.6 Å². The van der Waals surface area contributed by atoms with Gasteiger partial charge in [0.2, 0.25) is 0 Å². The van der Waals surface area contributed by atoms with Crippen LogP contribution in [0.2, 0.25) is 0 Å². The molecule has 100 valence electrons. The Bertz CT molecular complexity index is 259. The highest BCUT2D eigenvalue weighted by Gasteiger charge is 2.16. The van der Waals surface area contributed by atoms with Crippen molar-refractivity contribution >= 4 is 12.0 Å². The Labute approximate surface area is 103 Å². The fourth-order valence-electron chi connectivity index (χ4n) is 1.24. The monoisotopic (exact) mass is 244 g/mol. The third-order valence-corrected chi connectivity index (χ3v) is 2.51. The van der Waals surface area contributed by atoms with Gasteiger partial charge >= 0.3 is 12.0 Å². The quantitative estimate of drug-likeness (QED) is 0.667. The molecule has 2 amide bonds. The van der Waals surface area contributed by atoms with Crippen LogP contribution in [0.15, 0.2) is 0 Å². The first kappa shape index (κ1) is 15.7. The second-order valence-corrected chi connectivity index (χ2v) is 5.39. The number of nitrogens with one attached hydrogen (secondary N) is 2. The van der Waals surface area contributed by atoms with Gasteiger partial charge in [-0.2, -0.15) is 0 Å². The van der Waals surface area contributed by atoms with E-state index >= 15 is 0 Å². The van der Waals surface area contributed by atoms with E-state index in [1.54, 1.807) is 6.92 Å². The Morgan fingerprint density at radius 1 is 1.24 bits per heavy atom. The molecule has 5 heteroatoms. The van der Waals surface area contributed by atoms with Gasteiger partial charge in [0.15, 0.2) is 0 Å². The third-order valence-electron chi connectivity index (χ3n) is 2.51. The number of aliphatic carboxylic acids is 1. The predicted molar refractivity (Wildman–Crippen MR) is 66.9 cm³/mol. The van der Waals surface area contributed by atoms with Crippen LogP contribution >= 0.6 is 0 Å². The van der Waals surface area contributed by atoms with Gasteiger partial charge in [-0.25, -0.2) is 4.79 Å². The van der Waals surface area contributed by atoms with E-state index in [1.165, 1.54) is 0 Å². The normalized spacial score (nSPS) is 12.9. The molecule has 0 radical (unpaired) electrons. The maximum atomic E-state index is 11.4. The molecule has 0 aromatic heterocycles. The first-order valence-corrected chi connectivity index (χ1v) is 6.00. The number of carboxylic acid groups (broad SMARTS) is 1. The van der Waals surface area contributed by atoms with Crippen LogP contribution in [0.5, 0.6) is 0 Å². The summed E-state index contributed by atoms with van der Waals surface area (Å²) in [5.74, 6) is -1.38. The van der Waals surface area contributed by atoms with E-state index in [1.807, 2.05) is 0 Å². The molecule has 0 aromatic rings. The molecule has 0 saturated heterocycles. The lowest BCUT2D eigenvalue weighted by atomic mass is 9.92. The summed E-state index contributed by atoms with van der Waals surface area (Å²) in [5, 5.41) is 14.1. The summed E-state index contributed by atoms with van der Waals surface area (Å²) in [6, 6.07) is -0.297. The lowest BCUT2D eigenvalue weighted by molar-refractivity contribution is -0.141. The summed E-state index contributed by atoms with van der Waals surface area (Å²) in [6.45, 7) is 8.86. The molecule has 0 bridgehead atoms. The van der Waals surface area contributed by atoms with Crippen molar-refractivity contribution in [3.05, 3.63) is 0 Å². The molecule has 0 fully saturated rings. The number of carboxylic acids is 1. The Kier molecular flexibility index (Phi) is 6.61. The van der Waals surface area contributed by atoms with Crippen LogP contribution in [0.3, 0.4) is 0 Å². The van der Waals surface area contributed by atoms with Gasteiger partial charge in [0.1, 0.15) is 0 Å². The number of rotatable bonds is 6. The van der Waals surface area contributed by atoms with E-state index in [-0.39, 0.29) is 18.0 Å². The van der Waals surface area contributed by atoms with Gasteiger partial charge in [0.25, 0.3) is 0 Å². The van der Waals surface area contributed by atoms with Gasteiger partial charge in [-0.3, -0.25) is 4.79 Å². The first-order valence-electron chi connectivity index (χ1n) is 6.00. The van der Waals surface area contributed by atoms with E-state index in [9.17, 15) is 9.59 Å². The zero-order valence-electron chi connectivity index (χ0n) is 11.2. The molecule has 1 atom stereocenters. The van der Waals surface area contributed by atoms with Crippen LogP contribution in [0.25, 0.3) is 0 Å². The van der Waals surface area contributed by atoms with Crippen LogP contribution in [0.1, 0.15) is 40.5 Å². The molecule has 17 heavy (non-hydrogen) atoms. The van der Waals surface area contributed by atoms with Crippen molar-refractivity contribution in [3.63, 3.8) is 0 Å². The summed E-state index contributed by atoms with van der Waals surface area (Å²) in [6.07, 6.45) is 1.40. The van der Waals surface area contributed by atoms with Crippen molar-refractivity contribution in [1.82, 2.24) is 10.6 Å². The lowest BCUT2D eigenvalue weighted by Crippen LogP contribution is -2.40. The number of amides is 2. The van der Waals surface area contributed by atoms with Crippen LogP contribution in [0, 0.1) is 11.3 Å². The van der Waals surface area contributed by atoms with Gasteiger partial charge in [-0.15, -0.1) is 0 Å². The molecule has 0 spiro atoms. The smallest absolute Gasteiger partial charge is 0.314 e. The fourth-order valence-corrected chi connectivity index (χ4v) is 1.24. The standard InChI is InChI=1S/C12H24N2O3/c1-5-9(10(15)16)8-14-11(17)13-7-6-12(2,3)4/h9H,5-8H2,1-4H3,(H,15,16)(H2,13,14,17). The Morgan fingerprint density at radius 3 is 2.24 bits per heavy atom. The molecule has 5 nitrogen and oxygen atoms in total. The van der Waals surface area contributed by atoms with Crippen molar-refractivity contribution in [2.24, 2.45) is 11.3 Å². The maximum absolute atomic E-state index is 11.4. The molecule has 3 N–H and O–H groups in total. The Hall–Kier alpha value is -1.26. The molecule has 0 aliphatic rings. The molecule has 0 saturated carbocycles. The van der Waals surface area contributed by atoms with Gasteiger partial charge < -0.3 is 15.7 Å². The Balaban J connectivity index is 3.76. The number of hydrogen-bond acceptors (Lipinski definition) is 2. The minimum atomic E-state index is -0.873. The van der Waals surface area contributed by atoms with E-state index in [0.29, 0.717) is 13.0 Å². The second-order valence-electron chi connectivity index (χ2n) is 5.39. The van der Waals surface area contributed by atoms with Crippen LogP contribution in [-0.2, 0) is 4.79 Å². The van der Waals surface area contributed by atoms with Crippen molar-refractivity contribution in [2.75, 3.05) is 13.1 Å². The number of carbonyl (C=O) groups is 2. The van der Waals surface area contributed by atoms with Crippen molar-refractivity contribution in [3.8, 4) is 0 Å². The van der Waals surface area contributed by atoms with E-state index in [0.717, 1.165) is 6.42 Å². The Morgan fingerprint density at radius 2 is 1.82 bits per heavy atom. The average Bonchev–Trinajstić information content (AvgIpc) is 2.16. The average molecular weight is 244 g/mol. The van der Waals surface area contributed by atoms with Crippen molar-refractivity contribution in [2.45, 2.75) is 40.5 Å². The van der Waals surface area contributed by atoms with Gasteiger partial charge in [-0.05, 0) is 18.3 Å². The largest absolute Gasteiger partial charge is 0.481 e. The number of hydrogen-bond donors (Lipinski definition) is 3. The van der Waals surface area contributed by atoms with Gasteiger partial charge in [0, 0.05) is 13.1 Å². The van der Waals surface area contributed by atoms with Gasteiger partial charge in [-0.1, -0.05) is 27.7 Å². The SMILES string of the molecule is CCC(CNC(=O)NCCC(C)(C)C)C(=O)O. The number of carbonyl (C=O) groups excluding carboxylic acids is 1. The second kappa shape index (κ2) is 7.14. The zero-order valence-corrected chi connectivity index (χ0v) is 11.2. The van der Waals surface area contributed by atoms with Gasteiger partial charge in [0.05, 0.1) is 5.92 Å². The minimum absolute atomic E-state index is 0.174. The molecule has 0 aromatic carbocycles. The van der Waals surface area contributed by atoms with E-state index < -0.39 is 11.9 Å². The highest BCUT2D eigenvalue weighted by molar-refractivity contribution is 5.75. The topological polar surface area (TPSA) is 78.4 Å². The minimum Gasteiger partial charge on any atom is -0.481 e. The maximum Gasteiger partial charge on any atom is 0.314 e. The first-order chi connectivity index (χ1) is 7.76. The third kappa shape index (κ3) is 8.54. The molecule has 0 rings (SSSR count). The van der Waals surface area contributed by atoms with Crippen molar-refractivity contribution < 1.29 is 14.7 Å². The molecule has 0 heterocycles. The van der Waals surface area contributed by atoms with E-state index in [2.05, 4.69) is 31.4 Å². The highest BCUT2D eigenvalue weighted by atomic mass is 16.4. The molecular formula is C12H24N2O3. The molecular weight excluding hydrogens is 220 g/mol. The van der Waals surface area contributed by atoms with Crippen LogP contribution in [0.4, 0.5) is 4.79 Å². The van der Waals surface area contributed by atoms with E-state index in [4.69, 9.17) is 5.11 Å². The molecule has 0 aliphatic carbocycles. The predicted octanol–water partition coefficient (Wildman–Crippen LogP) is 1.83. The van der Waals surface area contributed by atoms with Crippen molar-refractivity contribution in [1.29, 1.82) is 0 Å². The molecule has 1 unspecified atom stereocenters. The zero-order chi connectivity index (χ0) is 13.5. The molecule has 0 aliphatic heterocycles. The fraction of sp³-hybridized carbons (Fsp3) is 0.833. The number of urea groups is 1. The summed E-state index contributed by atoms with van der Waals surface area (Å²) < 4.78 is 0. The highest BCUT2D eigenvalue weighted by Crippen LogP contribution is 2.16. The van der Waals surface area contributed by atoms with Crippen LogP contribution in [-0.4, -0.2) is 30.2 Å². The summed E-state index contributed by atoms with van der Waals surface area (Å²) >= 11 is 0. The summed E-state index contributed by atoms with van der Waals surface area (Å²) in [7, 11) is 0. The lowest BCUT2D eigenvalue weighted by Gasteiger charge is -2.18.